The van der Waals surface area contributed by atoms with E-state index in [4.69, 9.17) is 21.4 Å². The van der Waals surface area contributed by atoms with E-state index in [1.54, 1.807) is 27.8 Å². The minimum absolute atomic E-state index is 0.0421. The first-order valence-corrected chi connectivity index (χ1v) is 17.7. The van der Waals surface area contributed by atoms with Crippen LogP contribution in [0.4, 0.5) is 0 Å². The minimum Gasteiger partial charge on any atom is -0.503 e. The number of benzene rings is 1. The number of fused-ring (bicyclic) bond motifs is 2. The predicted molar refractivity (Wildman–Crippen MR) is 200 cm³/mol. The molecule has 0 radical (unpaired) electrons. The van der Waals surface area contributed by atoms with E-state index in [-0.39, 0.29) is 47.5 Å². The van der Waals surface area contributed by atoms with Gasteiger partial charge < -0.3 is 51.5 Å². The van der Waals surface area contributed by atoms with Crippen LogP contribution in [0.5, 0.6) is 11.5 Å². The number of likely N-dealkylation sites (N-methyl/N-ethyl adjacent to an activating group) is 1. The number of rotatable bonds is 11. The number of amides is 5. The Bertz CT molecular complexity index is 1870. The highest BCUT2D eigenvalue weighted by Gasteiger charge is 2.47. The van der Waals surface area contributed by atoms with Crippen molar-refractivity contribution in [1.29, 1.82) is 0 Å². The summed E-state index contributed by atoms with van der Waals surface area (Å²) in [5.74, 6) is -8.79. The number of nitrogens with zero attached hydrogens (tertiary/aromatic N) is 1. The molecule has 1 aromatic rings. The lowest BCUT2D eigenvalue weighted by molar-refractivity contribution is -0.146. The summed E-state index contributed by atoms with van der Waals surface area (Å²) < 4.78 is 6.40. The highest BCUT2D eigenvalue weighted by molar-refractivity contribution is 6.32. The van der Waals surface area contributed by atoms with Gasteiger partial charge in [0, 0.05) is 12.5 Å². The monoisotopic (exact) mass is 786 g/mol. The largest absolute Gasteiger partial charge is 0.503 e. The second-order valence-corrected chi connectivity index (χ2v) is 13.8. The number of phenols is 1. The van der Waals surface area contributed by atoms with Crippen molar-refractivity contribution in [3.8, 4) is 11.5 Å². The number of carbonyl (C=O) groups excluding carboxylic acids is 5. The molecule has 0 saturated carbocycles. The number of carboxylic acid groups (broad SMARTS) is 2. The number of aromatic hydroxyl groups is 1. The number of aliphatic carboxylic acids is 2. The molecule has 2 aliphatic heterocycles. The van der Waals surface area contributed by atoms with Gasteiger partial charge in [-0.25, -0.2) is 9.59 Å². The minimum atomic E-state index is -1.74. The summed E-state index contributed by atoms with van der Waals surface area (Å²) in [7, 11) is 1.56. The molecule has 0 saturated heterocycles. The van der Waals surface area contributed by atoms with Gasteiger partial charge in [0.2, 0.25) is 11.8 Å². The average Bonchev–Trinajstić information content (AvgIpc) is 3.62. The summed E-state index contributed by atoms with van der Waals surface area (Å²) in [5.41, 5.74) is -1.96. The fourth-order valence-corrected chi connectivity index (χ4v) is 6.22. The van der Waals surface area contributed by atoms with Gasteiger partial charge in [0.05, 0.1) is 17.1 Å². The van der Waals surface area contributed by atoms with Crippen LogP contribution >= 0.6 is 11.6 Å². The van der Waals surface area contributed by atoms with E-state index in [0.717, 1.165) is 4.90 Å². The zero-order valence-corrected chi connectivity index (χ0v) is 32.3. The van der Waals surface area contributed by atoms with E-state index in [0.29, 0.717) is 11.1 Å². The van der Waals surface area contributed by atoms with Crippen LogP contribution in [0.2, 0.25) is 5.02 Å². The molecule has 18 heteroatoms. The third-order valence-corrected chi connectivity index (χ3v) is 9.88. The molecule has 3 rings (SSSR count). The molecule has 17 nitrogen and oxygen atoms in total. The van der Waals surface area contributed by atoms with Crippen LogP contribution in [0.3, 0.4) is 0 Å². The fourth-order valence-electron chi connectivity index (χ4n) is 6.00. The number of carbonyl (C=O) groups is 7. The lowest BCUT2D eigenvalue weighted by Crippen LogP contribution is -2.65. The molecule has 6 atom stereocenters. The SMILES string of the molecule is C=C(C)C1NC(=O)[C@@H](NC)[C@@H](C)c2cc(Cl)c(O)c(c2)O[C@](C)(CC)[C@@H](C(=O)N2CC=C[C@H]2C(=O)N/C(C(=O)N/C(=C/C(=O)O)C(=O)O)=C(\C)CC)NC1=O. The zero-order chi connectivity index (χ0) is 41.5. The van der Waals surface area contributed by atoms with Crippen LogP contribution < -0.4 is 31.3 Å². The molecular weight excluding hydrogens is 740 g/mol. The number of carboxylic acids is 2. The normalized spacial score (nSPS) is 24.8. The lowest BCUT2D eigenvalue weighted by Gasteiger charge is -2.40. The standard InChI is InChI=1S/C37H47ClN6O11/c1-9-18(5)27(33(50)40-22(36(53)54)16-25(45)46)42-31(48)23-12-11-13-44(23)35(52)30-37(7,10-2)55-24-15-20(14-21(38)29(24)47)19(6)28(39-8)34(51)41-26(17(3)4)32(49)43-30/h11-12,14-16,19,23,26,28,30,39,47H,3,9-10,13H2,1-2,4-8H3,(H,40,50)(H,41,51)(H,42,48)(H,43,49)(H,45,46)(H,53,54)/b22-16+,27-18+/t19-,23-,26?,28-,30+,37+/m0/s1. The lowest BCUT2D eigenvalue weighted by atomic mass is 9.90. The fraction of sp³-hybridized carbons (Fsp3) is 0.432. The van der Waals surface area contributed by atoms with E-state index >= 15 is 0 Å². The van der Waals surface area contributed by atoms with Crippen molar-refractivity contribution in [3.63, 3.8) is 0 Å². The molecule has 2 bridgehead atoms. The molecule has 8 N–H and O–H groups in total. The maximum Gasteiger partial charge on any atom is 0.352 e. The van der Waals surface area contributed by atoms with Crippen molar-refractivity contribution in [2.45, 2.75) is 90.1 Å². The number of nitrogens with one attached hydrogen (secondary N) is 5. The maximum absolute atomic E-state index is 14.7. The molecule has 0 fully saturated rings. The molecular formula is C37H47ClN6O11. The first-order chi connectivity index (χ1) is 25.7. The van der Waals surface area contributed by atoms with Crippen LogP contribution in [-0.4, -0.2) is 105 Å². The number of hydrogen-bond donors (Lipinski definition) is 8. The van der Waals surface area contributed by atoms with Crippen molar-refractivity contribution in [1.82, 2.24) is 31.5 Å². The molecule has 1 aromatic carbocycles. The third kappa shape index (κ3) is 9.90. The van der Waals surface area contributed by atoms with Crippen molar-refractivity contribution in [3.05, 3.63) is 70.1 Å². The summed E-state index contributed by atoms with van der Waals surface area (Å²) in [4.78, 5) is 93.2. The van der Waals surface area contributed by atoms with Gasteiger partial charge in [0.15, 0.2) is 11.5 Å². The smallest absolute Gasteiger partial charge is 0.352 e. The van der Waals surface area contributed by atoms with E-state index in [1.165, 1.54) is 45.1 Å². The van der Waals surface area contributed by atoms with E-state index in [2.05, 4.69) is 27.8 Å². The predicted octanol–water partition coefficient (Wildman–Crippen LogP) is 1.58. The Labute approximate surface area is 322 Å². The summed E-state index contributed by atoms with van der Waals surface area (Å²) in [5, 5.41) is 42.1. The molecule has 1 unspecified atom stereocenters. The van der Waals surface area contributed by atoms with Crippen molar-refractivity contribution in [2.75, 3.05) is 13.6 Å². The van der Waals surface area contributed by atoms with Crippen molar-refractivity contribution in [2.24, 2.45) is 0 Å². The van der Waals surface area contributed by atoms with E-state index < -0.39 is 88.6 Å². The number of ether oxygens (including phenoxy) is 1. The van der Waals surface area contributed by atoms with Crippen LogP contribution in [0.1, 0.15) is 65.9 Å². The van der Waals surface area contributed by atoms with Crippen LogP contribution in [0.25, 0.3) is 0 Å². The zero-order valence-electron chi connectivity index (χ0n) is 31.5. The first-order valence-electron chi connectivity index (χ1n) is 17.3. The summed E-state index contributed by atoms with van der Waals surface area (Å²) in [6.45, 7) is 13.3. The number of hydrogen-bond acceptors (Lipinski definition) is 10. The maximum atomic E-state index is 14.7. The summed E-state index contributed by atoms with van der Waals surface area (Å²) in [6.07, 6.45) is 3.42. The number of phenolic OH excluding ortho intramolecular Hbond substituents is 1. The Balaban J connectivity index is 2.11. The Morgan fingerprint density at radius 1 is 1.09 bits per heavy atom. The molecule has 0 aromatic heterocycles. The second-order valence-electron chi connectivity index (χ2n) is 13.4. The van der Waals surface area contributed by atoms with Gasteiger partial charge >= 0.3 is 11.9 Å². The van der Waals surface area contributed by atoms with Gasteiger partial charge in [-0.2, -0.15) is 0 Å². The van der Waals surface area contributed by atoms with Gasteiger partial charge in [-0.05, 0) is 69.5 Å². The average molecular weight is 787 g/mol. The van der Waals surface area contributed by atoms with Gasteiger partial charge in [-0.15, -0.1) is 0 Å². The highest BCUT2D eigenvalue weighted by atomic mass is 35.5. The molecule has 55 heavy (non-hydrogen) atoms. The van der Waals surface area contributed by atoms with Gasteiger partial charge in [0.25, 0.3) is 17.7 Å². The molecule has 2 aliphatic rings. The van der Waals surface area contributed by atoms with Gasteiger partial charge in [0.1, 0.15) is 35.1 Å². The van der Waals surface area contributed by atoms with Gasteiger partial charge in [-0.1, -0.05) is 51.1 Å². The third-order valence-electron chi connectivity index (χ3n) is 9.59. The van der Waals surface area contributed by atoms with E-state index in [1.807, 2.05) is 5.32 Å². The highest BCUT2D eigenvalue weighted by Crippen LogP contribution is 2.41. The Morgan fingerprint density at radius 3 is 2.29 bits per heavy atom. The van der Waals surface area contributed by atoms with Crippen molar-refractivity contribution < 1.29 is 53.6 Å². The molecule has 5 amide bonds. The van der Waals surface area contributed by atoms with Crippen LogP contribution in [0.15, 0.2) is 59.5 Å². The van der Waals surface area contributed by atoms with Gasteiger partial charge in [-0.3, -0.25) is 24.0 Å². The topological polar surface area (TPSA) is 253 Å². The molecule has 298 valence electrons. The molecule has 0 aliphatic carbocycles. The summed E-state index contributed by atoms with van der Waals surface area (Å²) >= 11 is 6.44. The Morgan fingerprint density at radius 2 is 1.75 bits per heavy atom. The second kappa shape index (κ2) is 18.1. The number of halogens is 1. The first kappa shape index (κ1) is 43.7. The molecule has 0 spiro atoms. The number of allylic oxidation sites excluding steroid dienone is 1. The molecule has 2 heterocycles. The van der Waals surface area contributed by atoms with Crippen molar-refractivity contribution >= 4 is 53.1 Å². The summed E-state index contributed by atoms with van der Waals surface area (Å²) in [6, 6.07) is -2.22. The Hall–Kier alpha value is -5.68. The quantitative estimate of drug-likeness (QED) is 0.118. The Kier molecular flexibility index (Phi) is 14.4. The van der Waals surface area contributed by atoms with E-state index in [9.17, 15) is 43.8 Å². The van der Waals surface area contributed by atoms with Crippen LogP contribution in [-0.2, 0) is 33.6 Å². The van der Waals surface area contributed by atoms with Crippen LogP contribution in [0, 0.1) is 0 Å².